The molecule has 0 aliphatic carbocycles. The first-order valence-corrected chi connectivity index (χ1v) is 13.4. The molecule has 0 radical (unpaired) electrons. The largest absolute Gasteiger partial charge is 0.423 e. The number of piperidine rings is 2. The Bertz CT molecular complexity index is 1130. The number of likely N-dealkylation sites (tertiary alicyclic amines) is 1. The lowest BCUT2D eigenvalue weighted by atomic mass is 9.96. The van der Waals surface area contributed by atoms with Crippen molar-refractivity contribution in [2.75, 3.05) is 50.0 Å². The lowest BCUT2D eigenvalue weighted by Gasteiger charge is -2.40. The number of nitrogens with zero attached hydrogens (tertiary/aromatic N) is 4. The predicted octanol–water partition coefficient (Wildman–Crippen LogP) is 5.93. The van der Waals surface area contributed by atoms with Gasteiger partial charge in [-0.05, 0) is 75.0 Å². The van der Waals surface area contributed by atoms with Crippen molar-refractivity contribution in [3.8, 4) is 0 Å². The van der Waals surface area contributed by atoms with Gasteiger partial charge in [0.2, 0.25) is 0 Å². The predicted molar refractivity (Wildman–Crippen MR) is 148 cm³/mol. The van der Waals surface area contributed by atoms with Gasteiger partial charge in [0.15, 0.2) is 5.11 Å². The fraction of sp³-hybridized carbons (Fsp3) is 0.519. The molecule has 0 spiro atoms. The van der Waals surface area contributed by atoms with E-state index in [0.717, 1.165) is 49.7 Å². The van der Waals surface area contributed by atoms with Crippen LogP contribution in [0.5, 0.6) is 0 Å². The molecule has 7 nitrogen and oxygen atoms in total. The maximum Gasteiger partial charge on any atom is 0.423 e. The molecule has 2 fully saturated rings. The van der Waals surface area contributed by atoms with Crippen LogP contribution in [0.3, 0.4) is 0 Å². The summed E-state index contributed by atoms with van der Waals surface area (Å²) in [7, 11) is 2.04. The molecule has 0 unspecified atom stereocenters. The summed E-state index contributed by atoms with van der Waals surface area (Å²) in [6.07, 6.45) is -1.15. The maximum atomic E-state index is 13.3. The van der Waals surface area contributed by atoms with E-state index < -0.39 is 22.4 Å². The first-order chi connectivity index (χ1) is 18.0. The van der Waals surface area contributed by atoms with Crippen LogP contribution in [0.25, 0.3) is 0 Å². The molecule has 2 aliphatic rings. The van der Waals surface area contributed by atoms with E-state index >= 15 is 0 Å². The van der Waals surface area contributed by atoms with Crippen molar-refractivity contribution in [2.24, 2.45) is 5.92 Å². The Morgan fingerprint density at radius 1 is 1.08 bits per heavy atom. The summed E-state index contributed by atoms with van der Waals surface area (Å²) >= 11 is 5.77. The Morgan fingerprint density at radius 2 is 1.71 bits per heavy atom. The quantitative estimate of drug-likeness (QED) is 0.272. The lowest BCUT2D eigenvalue weighted by molar-refractivity contribution is -0.388. The van der Waals surface area contributed by atoms with E-state index in [9.17, 15) is 23.3 Å². The Labute approximate surface area is 226 Å². The van der Waals surface area contributed by atoms with Crippen molar-refractivity contribution >= 4 is 34.4 Å². The topological polar surface area (TPSA) is 64.9 Å². The number of nitro groups is 1. The summed E-state index contributed by atoms with van der Waals surface area (Å²) in [6, 6.07) is 11.7. The summed E-state index contributed by atoms with van der Waals surface area (Å²) in [4.78, 5) is 16.7. The lowest BCUT2D eigenvalue weighted by Crippen LogP contribution is -2.49. The number of benzene rings is 2. The molecule has 2 aromatic rings. The number of nitro benzene ring substituents is 1. The number of rotatable bonds is 6. The van der Waals surface area contributed by atoms with E-state index in [1.165, 1.54) is 17.3 Å². The minimum Gasteiger partial charge on any atom is -0.382 e. The third kappa shape index (κ3) is 6.86. The van der Waals surface area contributed by atoms with Gasteiger partial charge in [-0.2, -0.15) is 13.2 Å². The van der Waals surface area contributed by atoms with Crippen LogP contribution >= 0.6 is 12.2 Å². The molecule has 2 aliphatic heterocycles. The molecule has 206 valence electrons. The zero-order chi connectivity index (χ0) is 27.4. The molecule has 0 atom stereocenters. The van der Waals surface area contributed by atoms with E-state index in [0.29, 0.717) is 31.8 Å². The molecule has 0 saturated carbocycles. The number of aryl methyl sites for hydroxylation is 1. The monoisotopic (exact) mass is 549 g/mol. The number of alkyl halides is 3. The van der Waals surface area contributed by atoms with Crippen LogP contribution in [-0.4, -0.2) is 65.6 Å². The molecule has 4 rings (SSSR count). The molecule has 2 aromatic carbocycles. The smallest absolute Gasteiger partial charge is 0.382 e. The standard InChI is InChI=1S/C27H34F3N5O2S/c1-19-3-6-23(7-4-19)33-13-9-20(10-14-33)18-32(2)26(38)34-15-11-21(12-16-34)31-22-5-8-25(35(36)37)24(17-22)27(28,29)30/h3-8,17,20-21,31H,9-16,18H2,1-2H3. The van der Waals surface area contributed by atoms with Crippen LogP contribution in [0.15, 0.2) is 42.5 Å². The zero-order valence-corrected chi connectivity index (χ0v) is 22.5. The third-order valence-electron chi connectivity index (χ3n) is 7.51. The van der Waals surface area contributed by atoms with Crippen LogP contribution in [0.4, 0.5) is 30.2 Å². The average molecular weight is 550 g/mol. The van der Waals surface area contributed by atoms with Crippen LogP contribution in [0.1, 0.15) is 36.8 Å². The molecule has 2 heterocycles. The van der Waals surface area contributed by atoms with Crippen LogP contribution in [-0.2, 0) is 6.18 Å². The van der Waals surface area contributed by atoms with Gasteiger partial charge in [0.05, 0.1) is 4.92 Å². The number of halogens is 3. The Morgan fingerprint density at radius 3 is 2.29 bits per heavy atom. The molecular weight excluding hydrogens is 515 g/mol. The highest BCUT2D eigenvalue weighted by Crippen LogP contribution is 2.38. The fourth-order valence-electron chi connectivity index (χ4n) is 5.30. The highest BCUT2D eigenvalue weighted by atomic mass is 32.1. The van der Waals surface area contributed by atoms with Crippen LogP contribution in [0, 0.1) is 23.0 Å². The van der Waals surface area contributed by atoms with Gasteiger partial charge in [-0.25, -0.2) is 0 Å². The molecule has 38 heavy (non-hydrogen) atoms. The van der Waals surface area contributed by atoms with Crippen molar-refractivity contribution in [3.63, 3.8) is 0 Å². The highest BCUT2D eigenvalue weighted by molar-refractivity contribution is 7.80. The van der Waals surface area contributed by atoms with E-state index in [1.54, 1.807) is 0 Å². The summed E-state index contributed by atoms with van der Waals surface area (Å²) in [5.74, 6) is 0.573. The average Bonchev–Trinajstić information content (AvgIpc) is 2.89. The van der Waals surface area contributed by atoms with E-state index in [-0.39, 0.29) is 11.7 Å². The van der Waals surface area contributed by atoms with Crippen LogP contribution < -0.4 is 10.2 Å². The molecular formula is C27H34F3N5O2S. The first-order valence-electron chi connectivity index (χ1n) is 12.9. The van der Waals surface area contributed by atoms with Gasteiger partial charge in [-0.1, -0.05) is 17.7 Å². The summed E-state index contributed by atoms with van der Waals surface area (Å²) in [5.41, 5.74) is 0.598. The van der Waals surface area contributed by atoms with E-state index in [1.807, 2.05) is 7.05 Å². The number of thiocarbonyl (C=S) groups is 1. The van der Waals surface area contributed by atoms with Gasteiger partial charge >= 0.3 is 6.18 Å². The number of hydrogen-bond acceptors (Lipinski definition) is 5. The molecule has 0 aromatic heterocycles. The second-order valence-corrected chi connectivity index (χ2v) is 10.7. The second kappa shape index (κ2) is 11.8. The van der Waals surface area contributed by atoms with E-state index in [2.05, 4.69) is 51.2 Å². The third-order valence-corrected chi connectivity index (χ3v) is 8.08. The first kappa shape index (κ1) is 27.9. The van der Waals surface area contributed by atoms with Gasteiger partial charge in [-0.15, -0.1) is 0 Å². The maximum absolute atomic E-state index is 13.3. The fourth-order valence-corrected chi connectivity index (χ4v) is 5.56. The van der Waals surface area contributed by atoms with Gasteiger partial charge in [0, 0.05) is 63.3 Å². The SMILES string of the molecule is Cc1ccc(N2CCC(CN(C)C(=S)N3CCC(Nc4ccc([N+](=O)[O-])c(C(F)(F)F)c4)CC3)CC2)cc1. The van der Waals surface area contributed by atoms with Crippen molar-refractivity contribution in [1.82, 2.24) is 9.80 Å². The van der Waals surface area contributed by atoms with Gasteiger partial charge in [-0.3, -0.25) is 10.1 Å². The minimum atomic E-state index is -4.79. The van der Waals surface area contributed by atoms with Crippen molar-refractivity contribution in [2.45, 2.75) is 44.8 Å². The molecule has 1 N–H and O–H groups in total. The van der Waals surface area contributed by atoms with Gasteiger partial charge in [0.25, 0.3) is 5.69 Å². The second-order valence-electron chi connectivity index (χ2n) is 10.3. The summed E-state index contributed by atoms with van der Waals surface area (Å²) in [6.45, 7) is 6.47. The number of anilines is 2. The minimum absolute atomic E-state index is 0.0343. The van der Waals surface area contributed by atoms with Gasteiger partial charge < -0.3 is 20.0 Å². The molecule has 2 saturated heterocycles. The van der Waals surface area contributed by atoms with Gasteiger partial charge in [0.1, 0.15) is 5.56 Å². The number of hydrogen-bond donors (Lipinski definition) is 1. The van der Waals surface area contributed by atoms with Crippen molar-refractivity contribution in [1.29, 1.82) is 0 Å². The zero-order valence-electron chi connectivity index (χ0n) is 21.7. The van der Waals surface area contributed by atoms with Crippen molar-refractivity contribution in [3.05, 3.63) is 63.7 Å². The number of nitrogens with one attached hydrogen (secondary N) is 1. The van der Waals surface area contributed by atoms with Crippen LogP contribution in [0.2, 0.25) is 0 Å². The molecule has 0 bridgehead atoms. The van der Waals surface area contributed by atoms with E-state index in [4.69, 9.17) is 12.2 Å². The molecule has 11 heteroatoms. The Balaban J connectivity index is 1.24. The Kier molecular flexibility index (Phi) is 8.64. The van der Waals surface area contributed by atoms with Crippen molar-refractivity contribution < 1.29 is 18.1 Å². The normalized spacial score (nSPS) is 17.4. The Hall–Kier alpha value is -3.08. The summed E-state index contributed by atoms with van der Waals surface area (Å²) < 4.78 is 39.9. The molecule has 0 amide bonds. The summed E-state index contributed by atoms with van der Waals surface area (Å²) in [5, 5.41) is 14.9. The highest BCUT2D eigenvalue weighted by Gasteiger charge is 2.38.